The standard InChI is InChI=1S/C20H25N3O2/c1-3-4-5-8-12-22-18(24)20(2)17-15(11-13-23(20)19(22)25)14-9-6-7-10-16(14)21-17/h6-7,9-10,21H,3-5,8,11-13H2,1-2H3/t20-/m1/s1. The molecule has 5 heteroatoms. The van der Waals surface area contributed by atoms with E-state index < -0.39 is 5.54 Å². The van der Waals surface area contributed by atoms with Gasteiger partial charge in [0.2, 0.25) is 0 Å². The van der Waals surface area contributed by atoms with Crippen LogP contribution in [-0.4, -0.2) is 39.8 Å². The van der Waals surface area contributed by atoms with Crippen molar-refractivity contribution in [2.75, 3.05) is 13.1 Å². The van der Waals surface area contributed by atoms with E-state index in [2.05, 4.69) is 18.0 Å². The molecule has 2 aliphatic heterocycles. The molecule has 4 rings (SSSR count). The molecule has 3 heterocycles. The SMILES string of the molecule is CCCCCCN1C(=O)N2CCc3c([nH]c4ccccc34)[C@]2(C)C1=O. The molecule has 1 aromatic carbocycles. The van der Waals surface area contributed by atoms with E-state index in [1.807, 2.05) is 25.1 Å². The number of carbonyl (C=O) groups is 2. The Balaban J connectivity index is 1.70. The molecule has 2 aliphatic rings. The lowest BCUT2D eigenvalue weighted by molar-refractivity contribution is -0.133. The summed E-state index contributed by atoms with van der Waals surface area (Å²) < 4.78 is 0. The van der Waals surface area contributed by atoms with Crippen molar-refractivity contribution in [3.05, 3.63) is 35.5 Å². The summed E-state index contributed by atoms with van der Waals surface area (Å²) in [5.74, 6) is -0.0819. The number of hydrogen-bond acceptors (Lipinski definition) is 2. The van der Waals surface area contributed by atoms with Gasteiger partial charge in [0.05, 0.1) is 5.69 Å². The number of nitrogens with zero attached hydrogens (tertiary/aromatic N) is 2. The average Bonchev–Trinajstić information content (AvgIpc) is 3.08. The molecular weight excluding hydrogens is 314 g/mol. The van der Waals surface area contributed by atoms with E-state index in [4.69, 9.17) is 0 Å². The maximum atomic E-state index is 13.2. The molecule has 1 atom stereocenters. The van der Waals surface area contributed by atoms with Crippen molar-refractivity contribution in [3.63, 3.8) is 0 Å². The van der Waals surface area contributed by atoms with Crippen LogP contribution in [-0.2, 0) is 16.8 Å². The number of hydrogen-bond donors (Lipinski definition) is 1. The van der Waals surface area contributed by atoms with E-state index in [1.165, 1.54) is 15.8 Å². The van der Waals surface area contributed by atoms with Gasteiger partial charge in [0.15, 0.2) is 5.54 Å². The second kappa shape index (κ2) is 5.90. The maximum Gasteiger partial charge on any atom is 0.327 e. The second-order valence-electron chi connectivity index (χ2n) is 7.30. The number of urea groups is 1. The Morgan fingerprint density at radius 1 is 1.16 bits per heavy atom. The minimum Gasteiger partial charge on any atom is -0.356 e. The van der Waals surface area contributed by atoms with E-state index in [0.717, 1.165) is 43.3 Å². The fourth-order valence-electron chi connectivity index (χ4n) is 4.36. The number of carbonyl (C=O) groups excluding carboxylic acids is 2. The molecule has 0 saturated carbocycles. The van der Waals surface area contributed by atoms with E-state index in [1.54, 1.807) is 4.90 Å². The van der Waals surface area contributed by atoms with Gasteiger partial charge in [0.1, 0.15) is 0 Å². The van der Waals surface area contributed by atoms with Crippen LogP contribution in [0.3, 0.4) is 0 Å². The van der Waals surface area contributed by atoms with E-state index >= 15 is 0 Å². The number of para-hydroxylation sites is 1. The number of aromatic amines is 1. The molecule has 5 nitrogen and oxygen atoms in total. The Kier molecular flexibility index (Phi) is 3.82. The zero-order valence-electron chi connectivity index (χ0n) is 15.0. The van der Waals surface area contributed by atoms with Crippen molar-refractivity contribution >= 4 is 22.8 Å². The monoisotopic (exact) mass is 339 g/mol. The number of rotatable bonds is 5. The van der Waals surface area contributed by atoms with Gasteiger partial charge in [-0.2, -0.15) is 0 Å². The van der Waals surface area contributed by atoms with Crippen LogP contribution in [0.15, 0.2) is 24.3 Å². The predicted molar refractivity (Wildman–Crippen MR) is 97.3 cm³/mol. The number of amides is 3. The first-order valence-corrected chi connectivity index (χ1v) is 9.32. The smallest absolute Gasteiger partial charge is 0.327 e. The number of H-pyrrole nitrogens is 1. The molecule has 25 heavy (non-hydrogen) atoms. The highest BCUT2D eigenvalue weighted by Gasteiger charge is 2.58. The summed E-state index contributed by atoms with van der Waals surface area (Å²) in [6.45, 7) is 5.18. The van der Waals surface area contributed by atoms with Gasteiger partial charge in [-0.05, 0) is 31.4 Å². The molecule has 1 N–H and O–H groups in total. The number of benzene rings is 1. The zero-order valence-corrected chi connectivity index (χ0v) is 15.0. The topological polar surface area (TPSA) is 56.4 Å². The van der Waals surface area contributed by atoms with Crippen LogP contribution in [0, 0.1) is 0 Å². The van der Waals surface area contributed by atoms with Crippen molar-refractivity contribution < 1.29 is 9.59 Å². The predicted octanol–water partition coefficient (Wildman–Crippen LogP) is 3.78. The van der Waals surface area contributed by atoms with Gasteiger partial charge < -0.3 is 9.88 Å². The quantitative estimate of drug-likeness (QED) is 0.666. The number of imide groups is 1. The summed E-state index contributed by atoms with van der Waals surface area (Å²) in [5, 5.41) is 1.17. The van der Waals surface area contributed by atoms with Gasteiger partial charge in [-0.1, -0.05) is 44.4 Å². The molecular formula is C20H25N3O2. The van der Waals surface area contributed by atoms with Gasteiger partial charge >= 0.3 is 6.03 Å². The van der Waals surface area contributed by atoms with Crippen molar-refractivity contribution in [1.82, 2.24) is 14.8 Å². The molecule has 132 valence electrons. The molecule has 0 spiro atoms. The fraction of sp³-hybridized carbons (Fsp3) is 0.500. The van der Waals surface area contributed by atoms with E-state index in [9.17, 15) is 9.59 Å². The number of unbranched alkanes of at least 4 members (excludes halogenated alkanes) is 3. The Morgan fingerprint density at radius 3 is 2.76 bits per heavy atom. The van der Waals surface area contributed by atoms with E-state index in [0.29, 0.717) is 13.1 Å². The highest BCUT2D eigenvalue weighted by atomic mass is 16.2. The third kappa shape index (κ3) is 2.21. The van der Waals surface area contributed by atoms with E-state index in [-0.39, 0.29) is 11.9 Å². The Labute approximate surface area is 148 Å². The van der Waals surface area contributed by atoms with Crippen LogP contribution in [0.2, 0.25) is 0 Å². The first-order chi connectivity index (χ1) is 12.1. The number of aromatic nitrogens is 1. The van der Waals surface area contributed by atoms with Crippen LogP contribution in [0.1, 0.15) is 50.8 Å². The highest BCUT2D eigenvalue weighted by molar-refractivity contribution is 6.08. The largest absolute Gasteiger partial charge is 0.356 e. The number of nitrogens with one attached hydrogen (secondary N) is 1. The fourth-order valence-corrected chi connectivity index (χ4v) is 4.36. The highest BCUT2D eigenvalue weighted by Crippen LogP contribution is 2.43. The van der Waals surface area contributed by atoms with Crippen molar-refractivity contribution in [3.8, 4) is 0 Å². The maximum absolute atomic E-state index is 13.2. The van der Waals surface area contributed by atoms with Crippen molar-refractivity contribution in [2.45, 2.75) is 51.5 Å². The summed E-state index contributed by atoms with van der Waals surface area (Å²) in [6.07, 6.45) is 5.02. The zero-order chi connectivity index (χ0) is 17.6. The third-order valence-corrected chi connectivity index (χ3v) is 5.78. The summed E-state index contributed by atoms with van der Waals surface area (Å²) in [5.41, 5.74) is 2.23. The Hall–Kier alpha value is -2.30. The molecule has 0 bridgehead atoms. The van der Waals surface area contributed by atoms with Crippen molar-refractivity contribution in [1.29, 1.82) is 0 Å². The summed E-state index contributed by atoms with van der Waals surface area (Å²) >= 11 is 0. The third-order valence-electron chi connectivity index (χ3n) is 5.78. The first kappa shape index (κ1) is 16.2. The lowest BCUT2D eigenvalue weighted by atomic mass is 9.87. The summed E-state index contributed by atoms with van der Waals surface area (Å²) in [4.78, 5) is 32.7. The molecule has 0 unspecified atom stereocenters. The van der Waals surface area contributed by atoms with Gasteiger partial charge in [-0.25, -0.2) is 4.79 Å². The normalized spacial score (nSPS) is 22.6. The minimum absolute atomic E-state index is 0.0819. The number of fused-ring (bicyclic) bond motifs is 5. The van der Waals surface area contributed by atoms with Crippen LogP contribution in [0.25, 0.3) is 10.9 Å². The molecule has 1 aromatic heterocycles. The van der Waals surface area contributed by atoms with Crippen LogP contribution >= 0.6 is 0 Å². The lowest BCUT2D eigenvalue weighted by Crippen LogP contribution is -2.49. The molecule has 1 saturated heterocycles. The van der Waals surface area contributed by atoms with Crippen molar-refractivity contribution in [2.24, 2.45) is 0 Å². The van der Waals surface area contributed by atoms with Gasteiger partial charge in [0.25, 0.3) is 5.91 Å². The molecule has 0 aliphatic carbocycles. The van der Waals surface area contributed by atoms with Gasteiger partial charge in [-0.3, -0.25) is 9.69 Å². The first-order valence-electron chi connectivity index (χ1n) is 9.32. The minimum atomic E-state index is -0.894. The van der Waals surface area contributed by atoms with Crippen LogP contribution in [0.5, 0.6) is 0 Å². The van der Waals surface area contributed by atoms with Crippen LogP contribution < -0.4 is 0 Å². The molecule has 3 amide bonds. The molecule has 2 aromatic rings. The molecule has 1 fully saturated rings. The van der Waals surface area contributed by atoms with Gasteiger partial charge in [0, 0.05) is 24.0 Å². The summed E-state index contributed by atoms with van der Waals surface area (Å²) in [6, 6.07) is 8.01. The molecule has 0 radical (unpaired) electrons. The Morgan fingerprint density at radius 2 is 1.96 bits per heavy atom. The Bertz CT molecular complexity index is 841. The van der Waals surface area contributed by atoms with Crippen LogP contribution in [0.4, 0.5) is 4.79 Å². The average molecular weight is 339 g/mol. The van der Waals surface area contributed by atoms with Gasteiger partial charge in [-0.15, -0.1) is 0 Å². The lowest BCUT2D eigenvalue weighted by Gasteiger charge is -2.36. The summed E-state index contributed by atoms with van der Waals surface area (Å²) in [7, 11) is 0. The second-order valence-corrected chi connectivity index (χ2v) is 7.30.